The van der Waals surface area contributed by atoms with E-state index in [1.165, 1.54) is 0 Å². The summed E-state index contributed by atoms with van der Waals surface area (Å²) >= 11 is 0. The van der Waals surface area contributed by atoms with Crippen LogP contribution in [0.25, 0.3) is 0 Å². The number of Topliss-reactive ketones (excluding diaryl/α,β-unsaturated/α-hetero) is 4. The number of carbonyl (C=O) groups excluding carboxylic acids is 5. The van der Waals surface area contributed by atoms with Crippen molar-refractivity contribution in [2.75, 3.05) is 12.9 Å². The van der Waals surface area contributed by atoms with Crippen LogP contribution in [0.4, 0.5) is 0 Å². The van der Waals surface area contributed by atoms with Gasteiger partial charge in [0.25, 0.3) is 27.5 Å². The molecule has 0 heterocycles. The van der Waals surface area contributed by atoms with Gasteiger partial charge in [0, 0.05) is 6.42 Å². The van der Waals surface area contributed by atoms with Crippen molar-refractivity contribution in [2.24, 2.45) is 0 Å². The SMILES string of the molecule is CS(=O)(=O)OCCCCCCCCCCCC(=O)C(=O)C(=O)C(=O)C=O. The highest BCUT2D eigenvalue weighted by atomic mass is 32.2. The maximum atomic E-state index is 11.4. The quantitative estimate of drug-likeness (QED) is 0.120. The lowest BCUT2D eigenvalue weighted by atomic mass is 10.0. The van der Waals surface area contributed by atoms with Gasteiger partial charge in [-0.1, -0.05) is 44.9 Å². The summed E-state index contributed by atoms with van der Waals surface area (Å²) in [5.41, 5.74) is 0. The molecule has 0 aromatic carbocycles. The zero-order chi connectivity index (χ0) is 20.0. The van der Waals surface area contributed by atoms with E-state index in [-0.39, 0.29) is 19.3 Å². The highest BCUT2D eigenvalue weighted by Crippen LogP contribution is 2.11. The van der Waals surface area contributed by atoms with E-state index in [9.17, 15) is 32.4 Å². The Kier molecular flexibility index (Phi) is 12.6. The molecule has 0 aliphatic carbocycles. The fourth-order valence-corrected chi connectivity index (χ4v) is 2.66. The Bertz CT molecular complexity index is 606. The van der Waals surface area contributed by atoms with Gasteiger partial charge in [-0.2, -0.15) is 8.42 Å². The number of hydrogen-bond acceptors (Lipinski definition) is 8. The Morgan fingerprint density at radius 1 is 0.769 bits per heavy atom. The smallest absolute Gasteiger partial charge is 0.279 e. The fourth-order valence-electron chi connectivity index (χ4n) is 2.24. The molecule has 8 nitrogen and oxygen atoms in total. The first-order valence-electron chi connectivity index (χ1n) is 8.64. The number of aldehydes is 1. The Labute approximate surface area is 153 Å². The van der Waals surface area contributed by atoms with Gasteiger partial charge in [-0.3, -0.25) is 28.2 Å². The maximum absolute atomic E-state index is 11.4. The summed E-state index contributed by atoms with van der Waals surface area (Å²) < 4.78 is 26.1. The standard InChI is InChI=1S/C17H26O8S/c1-26(23,24)25-12-10-8-6-4-2-3-5-7-9-11-14(19)16(21)17(22)15(20)13-18/h13H,2-12H2,1H3. The maximum Gasteiger partial charge on any atom is 0.279 e. The monoisotopic (exact) mass is 390 g/mol. The predicted octanol–water partition coefficient (Wildman–Crippen LogP) is 1.34. The molecule has 0 spiro atoms. The van der Waals surface area contributed by atoms with Crippen molar-refractivity contribution < 1.29 is 36.6 Å². The van der Waals surface area contributed by atoms with E-state index in [1.807, 2.05) is 0 Å². The van der Waals surface area contributed by atoms with Crippen LogP contribution in [0.3, 0.4) is 0 Å². The topological polar surface area (TPSA) is 129 Å². The first-order valence-corrected chi connectivity index (χ1v) is 10.5. The van der Waals surface area contributed by atoms with Crippen molar-refractivity contribution in [3.8, 4) is 0 Å². The van der Waals surface area contributed by atoms with Crippen LogP contribution >= 0.6 is 0 Å². The van der Waals surface area contributed by atoms with Crippen LogP contribution < -0.4 is 0 Å². The van der Waals surface area contributed by atoms with E-state index in [0.717, 1.165) is 51.2 Å². The van der Waals surface area contributed by atoms with Gasteiger partial charge in [0.1, 0.15) is 0 Å². The second-order valence-electron chi connectivity index (χ2n) is 6.02. The lowest BCUT2D eigenvalue weighted by Crippen LogP contribution is -2.30. The van der Waals surface area contributed by atoms with Gasteiger partial charge in [0.2, 0.25) is 5.78 Å². The van der Waals surface area contributed by atoms with Crippen LogP contribution in [0.1, 0.15) is 64.2 Å². The van der Waals surface area contributed by atoms with E-state index in [0.29, 0.717) is 12.8 Å². The Balaban J connectivity index is 3.55. The van der Waals surface area contributed by atoms with E-state index >= 15 is 0 Å². The minimum Gasteiger partial charge on any atom is -0.294 e. The van der Waals surface area contributed by atoms with Crippen LogP contribution in [0.15, 0.2) is 0 Å². The zero-order valence-electron chi connectivity index (χ0n) is 15.0. The van der Waals surface area contributed by atoms with Crippen LogP contribution in [-0.2, 0) is 38.3 Å². The highest BCUT2D eigenvalue weighted by molar-refractivity contribution is 7.85. The number of unbranched alkanes of at least 4 members (excludes halogenated alkanes) is 8. The molecule has 0 aliphatic rings. The number of carbonyl (C=O) groups is 5. The number of rotatable bonds is 17. The van der Waals surface area contributed by atoms with Gasteiger partial charge in [-0.15, -0.1) is 0 Å². The normalized spacial score (nSPS) is 11.1. The average Bonchev–Trinajstić information content (AvgIpc) is 2.59. The van der Waals surface area contributed by atoms with Crippen LogP contribution in [0, 0.1) is 0 Å². The predicted molar refractivity (Wildman–Crippen MR) is 93.1 cm³/mol. The van der Waals surface area contributed by atoms with Crippen molar-refractivity contribution in [3.05, 3.63) is 0 Å². The fraction of sp³-hybridized carbons (Fsp3) is 0.706. The molecule has 26 heavy (non-hydrogen) atoms. The minimum absolute atomic E-state index is 0.100. The Hall–Kier alpha value is -1.74. The second-order valence-corrected chi connectivity index (χ2v) is 7.67. The molecule has 0 radical (unpaired) electrons. The van der Waals surface area contributed by atoms with E-state index < -0.39 is 33.3 Å². The van der Waals surface area contributed by atoms with Crippen LogP contribution in [0.5, 0.6) is 0 Å². The molecule has 0 amide bonds. The molecule has 0 aromatic heterocycles. The molecular formula is C17H26O8S. The first-order chi connectivity index (χ1) is 12.2. The molecule has 0 aromatic rings. The minimum atomic E-state index is -3.35. The lowest BCUT2D eigenvalue weighted by Gasteiger charge is -2.03. The number of ketones is 4. The van der Waals surface area contributed by atoms with Gasteiger partial charge in [0.05, 0.1) is 12.9 Å². The average molecular weight is 390 g/mol. The molecule has 0 saturated heterocycles. The zero-order valence-corrected chi connectivity index (χ0v) is 15.8. The van der Waals surface area contributed by atoms with Crippen molar-refractivity contribution in [3.63, 3.8) is 0 Å². The highest BCUT2D eigenvalue weighted by Gasteiger charge is 2.27. The largest absolute Gasteiger partial charge is 0.294 e. The van der Waals surface area contributed by atoms with Crippen molar-refractivity contribution in [1.82, 2.24) is 0 Å². The Morgan fingerprint density at radius 3 is 1.69 bits per heavy atom. The molecule has 0 aliphatic heterocycles. The van der Waals surface area contributed by atoms with Gasteiger partial charge in [0.15, 0.2) is 6.29 Å². The molecular weight excluding hydrogens is 364 g/mol. The van der Waals surface area contributed by atoms with Crippen LogP contribution in [0.2, 0.25) is 0 Å². The molecule has 0 atom stereocenters. The van der Waals surface area contributed by atoms with Crippen molar-refractivity contribution in [1.29, 1.82) is 0 Å². The van der Waals surface area contributed by atoms with E-state index in [2.05, 4.69) is 4.18 Å². The van der Waals surface area contributed by atoms with Crippen molar-refractivity contribution in [2.45, 2.75) is 64.2 Å². The molecule has 0 bridgehead atoms. The van der Waals surface area contributed by atoms with Gasteiger partial charge < -0.3 is 0 Å². The third kappa shape index (κ3) is 12.6. The summed E-state index contributed by atoms with van der Waals surface area (Å²) in [6, 6.07) is 0. The van der Waals surface area contributed by atoms with Gasteiger partial charge in [-0.05, 0) is 12.8 Å². The molecule has 9 heteroatoms. The molecule has 148 valence electrons. The lowest BCUT2D eigenvalue weighted by molar-refractivity contribution is -0.149. The Morgan fingerprint density at radius 2 is 1.23 bits per heavy atom. The third-order valence-corrected chi connectivity index (χ3v) is 4.23. The van der Waals surface area contributed by atoms with Crippen LogP contribution in [-0.4, -0.2) is 50.7 Å². The summed E-state index contributed by atoms with van der Waals surface area (Å²) in [6.07, 6.45) is 8.35. The summed E-state index contributed by atoms with van der Waals surface area (Å²) in [7, 11) is -3.35. The third-order valence-electron chi connectivity index (χ3n) is 3.64. The van der Waals surface area contributed by atoms with Crippen molar-refractivity contribution >= 4 is 39.5 Å². The summed E-state index contributed by atoms with van der Waals surface area (Å²) in [4.78, 5) is 54.7. The molecule has 0 N–H and O–H groups in total. The molecule has 0 unspecified atom stereocenters. The van der Waals surface area contributed by atoms with E-state index in [1.54, 1.807) is 0 Å². The first kappa shape index (κ1) is 24.3. The summed E-state index contributed by atoms with van der Waals surface area (Å²) in [6.45, 7) is 0.215. The van der Waals surface area contributed by atoms with Gasteiger partial charge >= 0.3 is 0 Å². The van der Waals surface area contributed by atoms with Gasteiger partial charge in [-0.25, -0.2) is 0 Å². The molecule has 0 fully saturated rings. The summed E-state index contributed by atoms with van der Waals surface area (Å²) in [5, 5.41) is 0. The number of hydrogen-bond donors (Lipinski definition) is 0. The van der Waals surface area contributed by atoms with E-state index in [4.69, 9.17) is 0 Å². The molecule has 0 rings (SSSR count). The summed E-state index contributed by atoms with van der Waals surface area (Å²) in [5.74, 6) is -5.40. The molecule has 0 saturated carbocycles. The second kappa shape index (κ2) is 13.5.